The van der Waals surface area contributed by atoms with Crippen LogP contribution in [0.2, 0.25) is 0 Å². The van der Waals surface area contributed by atoms with Crippen molar-refractivity contribution in [3.05, 3.63) is 35.2 Å². The molecule has 0 unspecified atom stereocenters. The third kappa shape index (κ3) is 3.79. The van der Waals surface area contributed by atoms with Crippen LogP contribution in [0.1, 0.15) is 38.4 Å². The lowest BCUT2D eigenvalue weighted by molar-refractivity contribution is 0.603. The Labute approximate surface area is 129 Å². The minimum Gasteiger partial charge on any atom is -0.276 e. The van der Waals surface area contributed by atoms with Crippen LogP contribution in [0.4, 0.5) is 5.69 Å². The summed E-state index contributed by atoms with van der Waals surface area (Å²) >= 11 is 1.28. The van der Waals surface area contributed by atoms with Crippen molar-refractivity contribution in [1.29, 1.82) is 0 Å². The number of thiophene rings is 1. The molecule has 5 nitrogen and oxygen atoms in total. The van der Waals surface area contributed by atoms with Crippen molar-refractivity contribution in [2.45, 2.75) is 43.7 Å². The number of nitrogens with one attached hydrogen (secondary N) is 1. The Kier molecular flexibility index (Phi) is 4.34. The van der Waals surface area contributed by atoms with Crippen molar-refractivity contribution in [3.63, 3.8) is 0 Å². The molecule has 2 aromatic heterocycles. The van der Waals surface area contributed by atoms with E-state index in [1.807, 2.05) is 13.0 Å². The van der Waals surface area contributed by atoms with Gasteiger partial charge in [-0.05, 0) is 17.5 Å². The van der Waals surface area contributed by atoms with E-state index < -0.39 is 10.0 Å². The fourth-order valence-corrected chi connectivity index (χ4v) is 4.05. The van der Waals surface area contributed by atoms with E-state index in [2.05, 4.69) is 35.5 Å². The molecule has 2 aromatic rings. The second kappa shape index (κ2) is 5.73. The number of aromatic nitrogens is 2. The van der Waals surface area contributed by atoms with E-state index in [4.69, 9.17) is 0 Å². The van der Waals surface area contributed by atoms with Crippen molar-refractivity contribution < 1.29 is 8.42 Å². The predicted molar refractivity (Wildman–Crippen MR) is 85.2 cm³/mol. The van der Waals surface area contributed by atoms with Crippen LogP contribution >= 0.6 is 11.3 Å². The molecule has 21 heavy (non-hydrogen) atoms. The Balaban J connectivity index is 2.23. The van der Waals surface area contributed by atoms with Crippen molar-refractivity contribution in [3.8, 4) is 0 Å². The third-order valence-corrected chi connectivity index (χ3v) is 6.24. The molecule has 1 N–H and O–H groups in total. The summed E-state index contributed by atoms with van der Waals surface area (Å²) in [7, 11) is -3.58. The van der Waals surface area contributed by atoms with E-state index in [1.165, 1.54) is 23.7 Å². The summed E-state index contributed by atoms with van der Waals surface area (Å²) in [6.07, 6.45) is 3.69. The normalized spacial score (nSPS) is 12.4. The van der Waals surface area contributed by atoms with Crippen LogP contribution in [0, 0.1) is 0 Å². The first-order valence-electron chi connectivity index (χ1n) is 6.66. The molecular formula is C14H19N3O2S2. The maximum absolute atomic E-state index is 12.3. The first-order valence-corrected chi connectivity index (χ1v) is 8.96. The number of nitrogens with zero attached hydrogens (tertiary/aromatic N) is 2. The number of hydrogen-bond acceptors (Lipinski definition) is 5. The molecule has 0 atom stereocenters. The number of aryl methyl sites for hydroxylation is 1. The van der Waals surface area contributed by atoms with Crippen LogP contribution in [-0.4, -0.2) is 18.4 Å². The van der Waals surface area contributed by atoms with E-state index in [0.717, 1.165) is 4.88 Å². The smallest absolute Gasteiger partial charge is 0.271 e. The largest absolute Gasteiger partial charge is 0.276 e. The lowest BCUT2D eigenvalue weighted by Crippen LogP contribution is -2.12. The lowest BCUT2D eigenvalue weighted by Gasteiger charge is -2.15. The Morgan fingerprint density at radius 3 is 2.29 bits per heavy atom. The van der Waals surface area contributed by atoms with E-state index in [0.29, 0.717) is 22.1 Å². The van der Waals surface area contributed by atoms with Crippen molar-refractivity contribution in [2.24, 2.45) is 0 Å². The van der Waals surface area contributed by atoms with Gasteiger partial charge in [0.2, 0.25) is 0 Å². The molecule has 2 heterocycles. The molecule has 114 valence electrons. The molecule has 0 amide bonds. The van der Waals surface area contributed by atoms with Gasteiger partial charge >= 0.3 is 0 Å². The van der Waals surface area contributed by atoms with Gasteiger partial charge in [-0.2, -0.15) is 0 Å². The van der Waals surface area contributed by atoms with Gasteiger partial charge in [-0.25, -0.2) is 18.4 Å². The van der Waals surface area contributed by atoms with Gasteiger partial charge in [0, 0.05) is 11.3 Å². The Morgan fingerprint density at radius 2 is 1.81 bits per heavy atom. The number of sulfonamides is 1. The first kappa shape index (κ1) is 15.9. The minimum atomic E-state index is -3.58. The maximum atomic E-state index is 12.3. The zero-order chi connectivity index (χ0) is 15.7. The molecular weight excluding hydrogens is 306 g/mol. The number of hydrogen-bond donors (Lipinski definition) is 1. The van der Waals surface area contributed by atoms with Crippen LogP contribution in [0.5, 0.6) is 0 Å². The lowest BCUT2D eigenvalue weighted by atomic mass is 9.95. The van der Waals surface area contributed by atoms with Gasteiger partial charge in [-0.15, -0.1) is 11.3 Å². The number of rotatable bonds is 4. The maximum Gasteiger partial charge on any atom is 0.271 e. The summed E-state index contributed by atoms with van der Waals surface area (Å²) in [5, 5.41) is 0. The van der Waals surface area contributed by atoms with Crippen molar-refractivity contribution in [2.75, 3.05) is 4.72 Å². The van der Waals surface area contributed by atoms with Gasteiger partial charge in [-0.1, -0.05) is 27.7 Å². The van der Waals surface area contributed by atoms with Crippen molar-refractivity contribution in [1.82, 2.24) is 9.97 Å². The highest BCUT2D eigenvalue weighted by Crippen LogP contribution is 2.32. The van der Waals surface area contributed by atoms with Crippen LogP contribution in [-0.2, 0) is 21.9 Å². The van der Waals surface area contributed by atoms with Gasteiger partial charge in [0.05, 0.1) is 18.1 Å². The van der Waals surface area contributed by atoms with E-state index in [-0.39, 0.29) is 5.41 Å². The predicted octanol–water partition coefficient (Wildman–Crippen LogP) is 3.20. The topological polar surface area (TPSA) is 72.0 Å². The van der Waals surface area contributed by atoms with Gasteiger partial charge in [0.25, 0.3) is 10.0 Å². The monoisotopic (exact) mass is 325 g/mol. The van der Waals surface area contributed by atoms with Crippen LogP contribution < -0.4 is 4.72 Å². The average molecular weight is 325 g/mol. The van der Waals surface area contributed by atoms with Crippen molar-refractivity contribution >= 4 is 27.0 Å². The Hall–Kier alpha value is -1.47. The molecule has 0 aromatic carbocycles. The molecule has 0 aliphatic heterocycles. The van der Waals surface area contributed by atoms with Gasteiger partial charge in [-0.3, -0.25) is 4.72 Å². The highest BCUT2D eigenvalue weighted by Gasteiger charge is 2.22. The molecule has 0 bridgehead atoms. The van der Waals surface area contributed by atoms with E-state index in [1.54, 1.807) is 6.07 Å². The van der Waals surface area contributed by atoms with Crippen LogP contribution in [0.3, 0.4) is 0 Å². The quantitative estimate of drug-likeness (QED) is 0.937. The highest BCUT2D eigenvalue weighted by molar-refractivity contribution is 7.94. The second-order valence-corrected chi connectivity index (χ2v) is 8.71. The van der Waals surface area contributed by atoms with Gasteiger partial charge < -0.3 is 0 Å². The second-order valence-electron chi connectivity index (χ2n) is 5.72. The molecule has 0 saturated heterocycles. The summed E-state index contributed by atoms with van der Waals surface area (Å²) in [4.78, 5) is 9.20. The van der Waals surface area contributed by atoms with E-state index in [9.17, 15) is 8.42 Å². The Bertz CT molecular complexity index is 713. The number of anilines is 1. The summed E-state index contributed by atoms with van der Waals surface area (Å²) in [6, 6.07) is 3.49. The molecule has 0 fully saturated rings. The van der Waals surface area contributed by atoms with Gasteiger partial charge in [0.15, 0.2) is 0 Å². The third-order valence-electron chi connectivity index (χ3n) is 2.86. The highest BCUT2D eigenvalue weighted by atomic mass is 32.2. The Morgan fingerprint density at radius 1 is 1.19 bits per heavy atom. The minimum absolute atomic E-state index is 0.0652. The fourth-order valence-electron chi connectivity index (χ4n) is 1.66. The molecule has 0 spiro atoms. The molecule has 0 radical (unpaired) electrons. The molecule has 0 saturated carbocycles. The first-order chi connectivity index (χ1) is 9.72. The molecule has 0 aliphatic rings. The molecule has 2 rings (SSSR count). The molecule has 7 heteroatoms. The molecule has 0 aliphatic carbocycles. The zero-order valence-corrected chi connectivity index (χ0v) is 14.2. The fraction of sp³-hybridized carbons (Fsp3) is 0.429. The summed E-state index contributed by atoms with van der Waals surface area (Å²) in [6.45, 7) is 8.11. The summed E-state index contributed by atoms with van der Waals surface area (Å²) in [5.41, 5.74) is 0.308. The van der Waals surface area contributed by atoms with Crippen LogP contribution in [0.15, 0.2) is 28.7 Å². The summed E-state index contributed by atoms with van der Waals surface area (Å²) < 4.78 is 27.5. The SMILES string of the molecule is CCc1ncc(NS(=O)(=O)c2ccc(C(C)(C)C)s2)cn1. The standard InChI is InChI=1S/C14H19N3O2S2/c1-5-12-15-8-10(9-16-12)17-21(18,19)13-7-6-11(20-13)14(2,3)4/h6-9,17H,5H2,1-4H3. The summed E-state index contributed by atoms with van der Waals surface area (Å²) in [5.74, 6) is 0.684. The average Bonchev–Trinajstić information content (AvgIpc) is 2.89. The van der Waals surface area contributed by atoms with Crippen LogP contribution in [0.25, 0.3) is 0 Å². The van der Waals surface area contributed by atoms with E-state index >= 15 is 0 Å². The van der Waals surface area contributed by atoms with Gasteiger partial charge in [0.1, 0.15) is 10.0 Å². The zero-order valence-electron chi connectivity index (χ0n) is 12.5.